The van der Waals surface area contributed by atoms with E-state index in [1.165, 1.54) is 5.56 Å². The molecule has 0 bridgehead atoms. The third-order valence-corrected chi connectivity index (χ3v) is 5.70. The number of amides is 1. The number of nitrogens with one attached hydrogen (secondary N) is 1. The summed E-state index contributed by atoms with van der Waals surface area (Å²) in [4.78, 5) is 25.2. The molecule has 0 saturated carbocycles. The minimum atomic E-state index is -0.164. The second kappa shape index (κ2) is 8.71. The molecule has 0 fully saturated rings. The smallest absolute Gasteiger partial charge is 0.262 e. The van der Waals surface area contributed by atoms with E-state index in [4.69, 9.17) is 0 Å². The van der Waals surface area contributed by atoms with Gasteiger partial charge in [0.05, 0.1) is 10.9 Å². The Bertz CT molecular complexity index is 1250. The van der Waals surface area contributed by atoms with Gasteiger partial charge in [-0.25, -0.2) is 0 Å². The average Bonchev–Trinajstić information content (AvgIpc) is 3.16. The Morgan fingerprint density at radius 2 is 1.80 bits per heavy atom. The summed E-state index contributed by atoms with van der Waals surface area (Å²) in [6, 6.07) is 17.6. The normalized spacial score (nSPS) is 11.4. The average molecular weight is 422 g/mol. The van der Waals surface area contributed by atoms with Crippen LogP contribution in [0.4, 0.5) is 0 Å². The molecule has 2 aromatic carbocycles. The molecule has 4 rings (SSSR count). The molecule has 8 heteroatoms. The SMILES string of the molecule is CC(C)NC(=O)CCn1c(=O)c2ccccc2n2c(SCc3ccccc3)nnc12. The zero-order chi connectivity index (χ0) is 21.1. The Labute approximate surface area is 178 Å². The van der Waals surface area contributed by atoms with Crippen molar-refractivity contribution in [2.45, 2.75) is 43.8 Å². The summed E-state index contributed by atoms with van der Waals surface area (Å²) in [6.45, 7) is 4.06. The summed E-state index contributed by atoms with van der Waals surface area (Å²) in [5, 5.41) is 12.8. The fourth-order valence-electron chi connectivity index (χ4n) is 3.36. The number of benzene rings is 2. The number of para-hydroxylation sites is 1. The second-order valence-electron chi connectivity index (χ2n) is 7.34. The number of hydrogen-bond acceptors (Lipinski definition) is 5. The first-order valence-corrected chi connectivity index (χ1v) is 10.9. The molecule has 0 radical (unpaired) electrons. The number of carbonyl (C=O) groups is 1. The van der Waals surface area contributed by atoms with Crippen LogP contribution in [0.5, 0.6) is 0 Å². The van der Waals surface area contributed by atoms with Crippen molar-refractivity contribution in [1.29, 1.82) is 0 Å². The van der Waals surface area contributed by atoms with Crippen molar-refractivity contribution >= 4 is 34.3 Å². The zero-order valence-corrected chi connectivity index (χ0v) is 17.7. The minimum Gasteiger partial charge on any atom is -0.354 e. The molecule has 154 valence electrons. The fraction of sp³-hybridized carbons (Fsp3) is 0.273. The van der Waals surface area contributed by atoms with E-state index in [-0.39, 0.29) is 30.5 Å². The number of aromatic nitrogens is 4. The molecule has 4 aromatic rings. The molecule has 0 unspecified atom stereocenters. The van der Waals surface area contributed by atoms with Crippen molar-refractivity contribution < 1.29 is 4.79 Å². The number of carbonyl (C=O) groups excluding carboxylic acids is 1. The number of nitrogens with zero attached hydrogens (tertiary/aromatic N) is 4. The van der Waals surface area contributed by atoms with Gasteiger partial charge in [0.25, 0.3) is 5.56 Å². The van der Waals surface area contributed by atoms with E-state index < -0.39 is 0 Å². The molecule has 30 heavy (non-hydrogen) atoms. The van der Waals surface area contributed by atoms with Crippen LogP contribution in [-0.2, 0) is 17.1 Å². The van der Waals surface area contributed by atoms with Gasteiger partial charge in [0.15, 0.2) is 5.16 Å². The molecule has 2 heterocycles. The van der Waals surface area contributed by atoms with Gasteiger partial charge in [-0.05, 0) is 31.5 Å². The molecule has 1 amide bonds. The summed E-state index contributed by atoms with van der Waals surface area (Å²) in [5.41, 5.74) is 1.78. The number of hydrogen-bond donors (Lipinski definition) is 1. The van der Waals surface area contributed by atoms with Crippen LogP contribution in [0.25, 0.3) is 16.7 Å². The zero-order valence-electron chi connectivity index (χ0n) is 16.9. The highest BCUT2D eigenvalue weighted by atomic mass is 32.2. The van der Waals surface area contributed by atoms with E-state index >= 15 is 0 Å². The Balaban J connectivity index is 1.74. The molecule has 1 N–H and O–H groups in total. The third kappa shape index (κ3) is 4.09. The minimum absolute atomic E-state index is 0.0555. The van der Waals surface area contributed by atoms with Gasteiger partial charge in [0.2, 0.25) is 11.7 Å². The molecule has 7 nitrogen and oxygen atoms in total. The monoisotopic (exact) mass is 421 g/mol. The van der Waals surface area contributed by atoms with E-state index in [0.717, 1.165) is 11.3 Å². The van der Waals surface area contributed by atoms with Crippen LogP contribution in [0.1, 0.15) is 25.8 Å². The maximum atomic E-state index is 13.1. The fourth-order valence-corrected chi connectivity index (χ4v) is 4.25. The van der Waals surface area contributed by atoms with Crippen molar-refractivity contribution in [2.24, 2.45) is 0 Å². The highest BCUT2D eigenvalue weighted by molar-refractivity contribution is 7.98. The highest BCUT2D eigenvalue weighted by Gasteiger charge is 2.17. The van der Waals surface area contributed by atoms with Gasteiger partial charge in [-0.2, -0.15) is 0 Å². The second-order valence-corrected chi connectivity index (χ2v) is 8.28. The Morgan fingerprint density at radius 3 is 2.57 bits per heavy atom. The number of fused-ring (bicyclic) bond motifs is 3. The molecule has 2 aromatic heterocycles. The number of thioether (sulfide) groups is 1. The lowest BCUT2D eigenvalue weighted by molar-refractivity contribution is -0.121. The van der Waals surface area contributed by atoms with Gasteiger partial charge in [0.1, 0.15) is 0 Å². The summed E-state index contributed by atoms with van der Waals surface area (Å²) in [6.07, 6.45) is 0.200. The molecule has 0 saturated heterocycles. The van der Waals surface area contributed by atoms with E-state index in [2.05, 4.69) is 27.6 Å². The van der Waals surface area contributed by atoms with Crippen molar-refractivity contribution in [1.82, 2.24) is 24.5 Å². The van der Waals surface area contributed by atoms with Gasteiger partial charge in [-0.3, -0.25) is 18.6 Å². The van der Waals surface area contributed by atoms with Gasteiger partial charge in [-0.1, -0.05) is 54.2 Å². The van der Waals surface area contributed by atoms with Crippen molar-refractivity contribution in [2.75, 3.05) is 0 Å². The van der Waals surface area contributed by atoms with Crippen LogP contribution in [0.3, 0.4) is 0 Å². The predicted octanol–water partition coefficient (Wildman–Crippen LogP) is 3.25. The van der Waals surface area contributed by atoms with Crippen LogP contribution in [0.15, 0.2) is 64.5 Å². The van der Waals surface area contributed by atoms with Gasteiger partial charge in [-0.15, -0.1) is 10.2 Å². The van der Waals surface area contributed by atoms with Gasteiger partial charge >= 0.3 is 0 Å². The Kier molecular flexibility index (Phi) is 5.85. The molecule has 0 aliphatic carbocycles. The van der Waals surface area contributed by atoms with Gasteiger partial charge < -0.3 is 5.32 Å². The quantitative estimate of drug-likeness (QED) is 0.463. The molecule has 0 spiro atoms. The molecule has 0 aliphatic heterocycles. The third-order valence-electron chi connectivity index (χ3n) is 4.70. The van der Waals surface area contributed by atoms with Gasteiger partial charge in [0, 0.05) is 24.8 Å². The Morgan fingerprint density at radius 1 is 1.07 bits per heavy atom. The topological polar surface area (TPSA) is 81.3 Å². The first kappa shape index (κ1) is 20.2. The predicted molar refractivity (Wildman–Crippen MR) is 119 cm³/mol. The van der Waals surface area contributed by atoms with Crippen molar-refractivity contribution in [3.8, 4) is 0 Å². The first-order chi connectivity index (χ1) is 14.5. The lowest BCUT2D eigenvalue weighted by Crippen LogP contribution is -2.32. The standard InChI is InChI=1S/C22H23N5O2S/c1-15(2)23-19(28)12-13-26-20(29)17-10-6-7-11-18(17)27-21(26)24-25-22(27)30-14-16-8-4-3-5-9-16/h3-11,15H,12-14H2,1-2H3,(H,23,28). The highest BCUT2D eigenvalue weighted by Crippen LogP contribution is 2.24. The van der Waals surface area contributed by atoms with E-state index in [1.807, 2.05) is 54.6 Å². The van der Waals surface area contributed by atoms with E-state index in [0.29, 0.717) is 16.3 Å². The van der Waals surface area contributed by atoms with Crippen LogP contribution in [-0.4, -0.2) is 31.1 Å². The first-order valence-electron chi connectivity index (χ1n) is 9.87. The Hall–Kier alpha value is -3.13. The molecule has 0 aliphatic rings. The lowest BCUT2D eigenvalue weighted by atomic mass is 10.2. The molecular formula is C22H23N5O2S. The van der Waals surface area contributed by atoms with Crippen LogP contribution in [0.2, 0.25) is 0 Å². The van der Waals surface area contributed by atoms with Crippen molar-refractivity contribution in [3.63, 3.8) is 0 Å². The maximum Gasteiger partial charge on any atom is 0.262 e. The van der Waals surface area contributed by atoms with E-state index in [9.17, 15) is 9.59 Å². The number of aryl methyl sites for hydroxylation is 1. The molecule has 0 atom stereocenters. The molecular weight excluding hydrogens is 398 g/mol. The summed E-state index contributed by atoms with van der Waals surface area (Å²) < 4.78 is 3.45. The lowest BCUT2D eigenvalue weighted by Gasteiger charge is -2.12. The largest absolute Gasteiger partial charge is 0.354 e. The van der Waals surface area contributed by atoms with Crippen LogP contribution in [0, 0.1) is 0 Å². The summed E-state index contributed by atoms with van der Waals surface area (Å²) in [5.74, 6) is 1.10. The van der Waals surface area contributed by atoms with E-state index in [1.54, 1.807) is 22.4 Å². The van der Waals surface area contributed by atoms with Crippen LogP contribution >= 0.6 is 11.8 Å². The van der Waals surface area contributed by atoms with Crippen LogP contribution < -0.4 is 10.9 Å². The summed E-state index contributed by atoms with van der Waals surface area (Å²) >= 11 is 1.57. The van der Waals surface area contributed by atoms with Crippen molar-refractivity contribution in [3.05, 3.63) is 70.5 Å². The maximum absolute atomic E-state index is 13.1. The summed E-state index contributed by atoms with van der Waals surface area (Å²) in [7, 11) is 0. The number of rotatable bonds is 7.